The molecule has 2 aliphatic rings. The summed E-state index contributed by atoms with van der Waals surface area (Å²) in [6.45, 7) is -0.258. The lowest BCUT2D eigenvalue weighted by atomic mass is 9.91. The number of halogens is 2. The highest BCUT2D eigenvalue weighted by molar-refractivity contribution is 6.30. The van der Waals surface area contributed by atoms with Crippen LogP contribution in [0.5, 0.6) is 5.75 Å². The highest BCUT2D eigenvalue weighted by Crippen LogP contribution is 2.34. The number of amides is 2. The zero-order valence-electron chi connectivity index (χ0n) is 12.5. The molecule has 24 heavy (non-hydrogen) atoms. The van der Waals surface area contributed by atoms with Crippen LogP contribution in [0.1, 0.15) is 12.8 Å². The van der Waals surface area contributed by atoms with E-state index < -0.39 is 11.9 Å². The molecule has 7 nitrogen and oxygen atoms in total. The van der Waals surface area contributed by atoms with Crippen LogP contribution in [0, 0.1) is 5.82 Å². The molecule has 2 bridgehead atoms. The SMILES string of the molecule is O=C(O)N[C@@H]1C[C@@H]2O[C@H]1C[C@H]2NC(=O)COc1ccc(Cl)c(F)c1. The highest BCUT2D eigenvalue weighted by atomic mass is 35.5. The summed E-state index contributed by atoms with van der Waals surface area (Å²) >= 11 is 5.57. The summed E-state index contributed by atoms with van der Waals surface area (Å²) in [5.41, 5.74) is 0. The summed E-state index contributed by atoms with van der Waals surface area (Å²) in [7, 11) is 0. The Morgan fingerprint density at radius 3 is 2.54 bits per heavy atom. The maximum atomic E-state index is 13.3. The number of rotatable bonds is 5. The predicted octanol–water partition coefficient (Wildman–Crippen LogP) is 1.54. The summed E-state index contributed by atoms with van der Waals surface area (Å²) < 4.78 is 24.2. The molecule has 2 amide bonds. The van der Waals surface area contributed by atoms with E-state index in [0.717, 1.165) is 6.07 Å². The third-order valence-corrected chi connectivity index (χ3v) is 4.44. The second kappa shape index (κ2) is 6.82. The Kier molecular flexibility index (Phi) is 4.77. The first kappa shape index (κ1) is 16.8. The fourth-order valence-electron chi connectivity index (χ4n) is 3.08. The lowest BCUT2D eigenvalue weighted by Gasteiger charge is -2.25. The van der Waals surface area contributed by atoms with Crippen molar-refractivity contribution in [1.29, 1.82) is 0 Å². The van der Waals surface area contributed by atoms with Gasteiger partial charge in [-0.15, -0.1) is 0 Å². The Bertz CT molecular complexity index is 659. The van der Waals surface area contributed by atoms with Crippen molar-refractivity contribution in [3.05, 3.63) is 29.0 Å². The third-order valence-electron chi connectivity index (χ3n) is 4.14. The minimum atomic E-state index is -1.08. The predicted molar refractivity (Wildman–Crippen MR) is 81.7 cm³/mol. The van der Waals surface area contributed by atoms with Crippen molar-refractivity contribution in [2.75, 3.05) is 6.61 Å². The van der Waals surface area contributed by atoms with Crippen LogP contribution in [0.2, 0.25) is 5.02 Å². The average Bonchev–Trinajstić information content (AvgIpc) is 3.07. The molecule has 9 heteroatoms. The molecule has 2 aliphatic heterocycles. The largest absolute Gasteiger partial charge is 0.484 e. The molecule has 0 aliphatic carbocycles. The fourth-order valence-corrected chi connectivity index (χ4v) is 3.20. The average molecular weight is 359 g/mol. The van der Waals surface area contributed by atoms with Gasteiger partial charge in [0.05, 0.1) is 29.3 Å². The van der Waals surface area contributed by atoms with Crippen LogP contribution in [-0.4, -0.2) is 48.0 Å². The Balaban J connectivity index is 1.45. The Morgan fingerprint density at radius 2 is 1.96 bits per heavy atom. The smallest absolute Gasteiger partial charge is 0.404 e. The number of carbonyl (C=O) groups excluding carboxylic acids is 1. The summed E-state index contributed by atoms with van der Waals surface area (Å²) in [5.74, 6) is -0.760. The topological polar surface area (TPSA) is 96.9 Å². The molecule has 4 atom stereocenters. The first-order valence-electron chi connectivity index (χ1n) is 7.44. The van der Waals surface area contributed by atoms with Crippen LogP contribution in [0.15, 0.2) is 18.2 Å². The second-order valence-corrected chi connectivity index (χ2v) is 6.19. The third kappa shape index (κ3) is 3.70. The minimum absolute atomic E-state index is 0.0181. The van der Waals surface area contributed by atoms with Crippen molar-refractivity contribution < 1.29 is 28.6 Å². The molecular formula is C15H16ClFN2O5. The van der Waals surface area contributed by atoms with Gasteiger partial charge in [0.2, 0.25) is 0 Å². The molecule has 0 radical (unpaired) electrons. The van der Waals surface area contributed by atoms with E-state index in [1.807, 2.05) is 0 Å². The van der Waals surface area contributed by atoms with Crippen LogP contribution in [0.4, 0.5) is 9.18 Å². The van der Waals surface area contributed by atoms with Crippen molar-refractivity contribution in [3.8, 4) is 5.75 Å². The molecule has 0 aromatic heterocycles. The van der Waals surface area contributed by atoms with Crippen LogP contribution >= 0.6 is 11.6 Å². The van der Waals surface area contributed by atoms with E-state index >= 15 is 0 Å². The van der Waals surface area contributed by atoms with Crippen molar-refractivity contribution in [2.45, 2.75) is 37.1 Å². The van der Waals surface area contributed by atoms with Crippen molar-refractivity contribution >= 4 is 23.6 Å². The molecule has 3 N–H and O–H groups in total. The number of carboxylic acid groups (broad SMARTS) is 1. The maximum Gasteiger partial charge on any atom is 0.404 e. The zero-order valence-corrected chi connectivity index (χ0v) is 13.3. The van der Waals surface area contributed by atoms with Gasteiger partial charge in [0.25, 0.3) is 5.91 Å². The van der Waals surface area contributed by atoms with Crippen molar-refractivity contribution in [1.82, 2.24) is 10.6 Å². The fraction of sp³-hybridized carbons (Fsp3) is 0.467. The van der Waals surface area contributed by atoms with Gasteiger partial charge in [0.1, 0.15) is 11.6 Å². The van der Waals surface area contributed by atoms with Crippen molar-refractivity contribution in [3.63, 3.8) is 0 Å². The molecular weight excluding hydrogens is 343 g/mol. The standard InChI is InChI=1S/C15H16ClFN2O5/c16-8-2-1-7(3-9(8)17)23-6-14(20)18-10-4-13-11(19-15(21)22)5-12(10)24-13/h1-3,10-13,19H,4-6H2,(H,18,20)(H,21,22)/t10-,11-,12+,13+/m1/s1. The van der Waals surface area contributed by atoms with Gasteiger partial charge in [-0.2, -0.15) is 0 Å². The molecule has 3 rings (SSSR count). The van der Waals surface area contributed by atoms with Gasteiger partial charge < -0.3 is 25.2 Å². The van der Waals surface area contributed by atoms with Crippen LogP contribution in [-0.2, 0) is 9.53 Å². The number of benzene rings is 1. The number of nitrogens with one attached hydrogen (secondary N) is 2. The lowest BCUT2D eigenvalue weighted by Crippen LogP contribution is -2.49. The van der Waals surface area contributed by atoms with Gasteiger partial charge in [-0.3, -0.25) is 4.79 Å². The van der Waals surface area contributed by atoms with E-state index in [9.17, 15) is 14.0 Å². The molecule has 0 saturated carbocycles. The molecule has 1 aromatic rings. The lowest BCUT2D eigenvalue weighted by molar-refractivity contribution is -0.124. The summed E-state index contributed by atoms with van der Waals surface area (Å²) in [4.78, 5) is 22.6. The molecule has 1 aromatic carbocycles. The monoisotopic (exact) mass is 358 g/mol. The molecule has 2 fully saturated rings. The van der Waals surface area contributed by atoms with Gasteiger partial charge in [-0.25, -0.2) is 9.18 Å². The Hall–Kier alpha value is -2.06. The maximum absolute atomic E-state index is 13.3. The number of carbonyl (C=O) groups is 2. The number of ether oxygens (including phenoxy) is 2. The van der Waals surface area contributed by atoms with Gasteiger partial charge in [-0.1, -0.05) is 11.6 Å². The van der Waals surface area contributed by atoms with Gasteiger partial charge in [0.15, 0.2) is 6.61 Å². The van der Waals surface area contributed by atoms with Crippen LogP contribution in [0.25, 0.3) is 0 Å². The van der Waals surface area contributed by atoms with E-state index in [2.05, 4.69) is 10.6 Å². The minimum Gasteiger partial charge on any atom is -0.484 e. The summed E-state index contributed by atoms with van der Waals surface area (Å²) in [6.07, 6.45) is -0.478. The summed E-state index contributed by atoms with van der Waals surface area (Å²) in [6, 6.07) is 3.51. The van der Waals surface area contributed by atoms with Gasteiger partial charge in [-0.05, 0) is 25.0 Å². The van der Waals surface area contributed by atoms with Gasteiger partial charge >= 0.3 is 6.09 Å². The molecule has 0 spiro atoms. The first-order valence-corrected chi connectivity index (χ1v) is 7.82. The van der Waals surface area contributed by atoms with Crippen LogP contribution < -0.4 is 15.4 Å². The zero-order chi connectivity index (χ0) is 17.3. The molecule has 130 valence electrons. The van der Waals surface area contributed by atoms with E-state index in [-0.39, 0.29) is 47.6 Å². The van der Waals surface area contributed by atoms with E-state index in [4.69, 9.17) is 26.2 Å². The van der Waals surface area contributed by atoms with E-state index in [0.29, 0.717) is 12.8 Å². The second-order valence-electron chi connectivity index (χ2n) is 5.78. The number of fused-ring (bicyclic) bond motifs is 2. The molecule has 0 unspecified atom stereocenters. The number of hydrogen-bond donors (Lipinski definition) is 3. The van der Waals surface area contributed by atoms with Crippen LogP contribution in [0.3, 0.4) is 0 Å². The summed E-state index contributed by atoms with van der Waals surface area (Å²) in [5, 5.41) is 13.9. The quantitative estimate of drug-likeness (QED) is 0.742. The molecule has 2 saturated heterocycles. The van der Waals surface area contributed by atoms with E-state index in [1.165, 1.54) is 12.1 Å². The Labute approximate surface area is 142 Å². The highest BCUT2D eigenvalue weighted by Gasteiger charge is 2.48. The van der Waals surface area contributed by atoms with Crippen molar-refractivity contribution in [2.24, 2.45) is 0 Å². The van der Waals surface area contributed by atoms with Gasteiger partial charge in [0, 0.05) is 6.07 Å². The van der Waals surface area contributed by atoms with E-state index in [1.54, 1.807) is 0 Å². The normalized spacial score (nSPS) is 27.8. The first-order chi connectivity index (χ1) is 11.4. The molecule has 2 heterocycles. The number of hydrogen-bond acceptors (Lipinski definition) is 4. The Morgan fingerprint density at radius 1 is 1.29 bits per heavy atom.